The van der Waals surface area contributed by atoms with Gasteiger partial charge in [-0.25, -0.2) is 13.4 Å². The zero-order chi connectivity index (χ0) is 17.9. The predicted octanol–water partition coefficient (Wildman–Crippen LogP) is 0.160. The van der Waals surface area contributed by atoms with Crippen molar-refractivity contribution in [2.75, 3.05) is 24.6 Å². The highest BCUT2D eigenvalue weighted by Gasteiger charge is 2.37. The van der Waals surface area contributed by atoms with Gasteiger partial charge >= 0.3 is 0 Å². The van der Waals surface area contributed by atoms with Gasteiger partial charge in [0.05, 0.1) is 29.5 Å². The van der Waals surface area contributed by atoms with Crippen LogP contribution in [0, 0.1) is 17.2 Å². The van der Waals surface area contributed by atoms with Crippen LogP contribution in [0.1, 0.15) is 33.1 Å². The first-order chi connectivity index (χ1) is 11.3. The topological polar surface area (TPSA) is 111 Å². The zero-order valence-corrected chi connectivity index (χ0v) is 14.8. The minimum atomic E-state index is -3.14. The van der Waals surface area contributed by atoms with Crippen LogP contribution in [-0.2, 0) is 19.4 Å². The smallest absolute Gasteiger partial charge is 0.270 e. The molecule has 2 amide bonds. The van der Waals surface area contributed by atoms with Gasteiger partial charge in [-0.05, 0) is 20.3 Å². The Kier molecular flexibility index (Phi) is 5.59. The van der Waals surface area contributed by atoms with Crippen LogP contribution in [0.4, 0.5) is 0 Å². The number of carbonyl (C=O) groups excluding carboxylic acids is 2. The van der Waals surface area contributed by atoms with Crippen LogP contribution in [0.3, 0.4) is 0 Å². The lowest BCUT2D eigenvalue weighted by atomic mass is 10.1. The lowest BCUT2D eigenvalue weighted by Gasteiger charge is -2.29. The first-order valence-electron chi connectivity index (χ1n) is 8.06. The second kappa shape index (κ2) is 7.30. The molecule has 0 spiro atoms. The molecule has 2 atom stereocenters. The van der Waals surface area contributed by atoms with Crippen LogP contribution in [0.15, 0.2) is 5.10 Å². The Bertz CT molecular complexity index is 695. The monoisotopic (exact) mass is 354 g/mol. The number of rotatable bonds is 5. The lowest BCUT2D eigenvalue weighted by molar-refractivity contribution is -0.134. The third-order valence-electron chi connectivity index (χ3n) is 4.24. The van der Waals surface area contributed by atoms with Crippen LogP contribution >= 0.6 is 0 Å². The molecule has 0 bridgehead atoms. The third-order valence-corrected chi connectivity index (χ3v) is 5.99. The molecule has 0 aromatic carbocycles. The number of carbonyl (C=O) groups is 2. The predicted molar refractivity (Wildman–Crippen MR) is 87.6 cm³/mol. The summed E-state index contributed by atoms with van der Waals surface area (Å²) in [6.07, 6.45) is 0.736. The van der Waals surface area contributed by atoms with E-state index in [1.807, 2.05) is 6.92 Å². The summed E-state index contributed by atoms with van der Waals surface area (Å²) in [6, 6.07) is 1.60. The molecule has 2 aliphatic heterocycles. The fourth-order valence-electron chi connectivity index (χ4n) is 2.89. The molecule has 2 aliphatic rings. The number of nitrogens with zero attached hydrogens (tertiary/aromatic N) is 4. The molecule has 2 rings (SSSR count). The maximum absolute atomic E-state index is 12.6. The molecule has 0 saturated carbocycles. The van der Waals surface area contributed by atoms with Crippen molar-refractivity contribution in [3.05, 3.63) is 0 Å². The van der Waals surface area contributed by atoms with Gasteiger partial charge in [-0.3, -0.25) is 9.59 Å². The van der Waals surface area contributed by atoms with Crippen molar-refractivity contribution in [3.8, 4) is 6.07 Å². The Balaban J connectivity index is 2.17. The quantitative estimate of drug-likeness (QED) is 0.698. The summed E-state index contributed by atoms with van der Waals surface area (Å²) in [5.74, 6) is -0.899. The molecule has 132 valence electrons. The molecule has 0 radical (unpaired) electrons. The highest BCUT2D eigenvalue weighted by atomic mass is 32.2. The standard InChI is InChI=1S/C15H22N4O4S/c1-3-18(9-11(2)8-16)15(21)13-4-5-14(20)19(17-13)12-6-7-24(22,23)10-12/h11-12H,3-7,9-10H2,1-2H3/t11-,12-/m1/s1. The number of nitriles is 1. The summed E-state index contributed by atoms with van der Waals surface area (Å²) in [7, 11) is -3.14. The van der Waals surface area contributed by atoms with Crippen LogP contribution in [0.5, 0.6) is 0 Å². The maximum atomic E-state index is 12.6. The number of hydrogen-bond donors (Lipinski definition) is 0. The molecule has 24 heavy (non-hydrogen) atoms. The van der Waals surface area contributed by atoms with Crippen molar-refractivity contribution in [1.82, 2.24) is 9.91 Å². The van der Waals surface area contributed by atoms with E-state index in [1.165, 1.54) is 9.91 Å². The van der Waals surface area contributed by atoms with E-state index in [0.717, 1.165) is 0 Å². The molecule has 1 fully saturated rings. The van der Waals surface area contributed by atoms with E-state index >= 15 is 0 Å². The van der Waals surface area contributed by atoms with Gasteiger partial charge in [0.1, 0.15) is 5.71 Å². The van der Waals surface area contributed by atoms with E-state index in [-0.39, 0.29) is 47.8 Å². The number of sulfone groups is 1. The second-order valence-corrected chi connectivity index (χ2v) is 8.44. The Hall–Kier alpha value is -1.95. The largest absolute Gasteiger partial charge is 0.337 e. The van der Waals surface area contributed by atoms with E-state index in [9.17, 15) is 18.0 Å². The highest BCUT2D eigenvalue weighted by molar-refractivity contribution is 7.91. The molecular formula is C15H22N4O4S. The molecular weight excluding hydrogens is 332 g/mol. The van der Waals surface area contributed by atoms with Gasteiger partial charge in [-0.15, -0.1) is 0 Å². The summed E-state index contributed by atoms with van der Waals surface area (Å²) < 4.78 is 23.2. The fourth-order valence-corrected chi connectivity index (χ4v) is 4.58. The molecule has 0 aliphatic carbocycles. The number of hydrogen-bond acceptors (Lipinski definition) is 6. The van der Waals surface area contributed by atoms with Crippen molar-refractivity contribution < 1.29 is 18.0 Å². The Morgan fingerprint density at radius 2 is 2.21 bits per heavy atom. The lowest BCUT2D eigenvalue weighted by Crippen LogP contribution is -2.45. The van der Waals surface area contributed by atoms with E-state index < -0.39 is 15.9 Å². The van der Waals surface area contributed by atoms with E-state index in [2.05, 4.69) is 11.2 Å². The van der Waals surface area contributed by atoms with Gasteiger partial charge < -0.3 is 4.90 Å². The minimum Gasteiger partial charge on any atom is -0.337 e. The van der Waals surface area contributed by atoms with E-state index in [4.69, 9.17) is 5.26 Å². The van der Waals surface area contributed by atoms with Crippen molar-refractivity contribution in [1.29, 1.82) is 5.26 Å². The molecule has 8 nitrogen and oxygen atoms in total. The molecule has 2 heterocycles. The normalized spacial score (nSPS) is 24.2. The van der Waals surface area contributed by atoms with Gasteiger partial charge in [0, 0.05) is 25.9 Å². The Labute approximate surface area is 142 Å². The summed E-state index contributed by atoms with van der Waals surface area (Å²) in [4.78, 5) is 26.2. The summed E-state index contributed by atoms with van der Waals surface area (Å²) >= 11 is 0. The average Bonchev–Trinajstić information content (AvgIpc) is 2.91. The van der Waals surface area contributed by atoms with Gasteiger partial charge in [0.15, 0.2) is 9.84 Å². The number of hydrazone groups is 1. The molecule has 9 heteroatoms. The van der Waals surface area contributed by atoms with Crippen LogP contribution in [-0.4, -0.2) is 66.5 Å². The van der Waals surface area contributed by atoms with E-state index in [1.54, 1.807) is 6.92 Å². The summed E-state index contributed by atoms with van der Waals surface area (Å²) in [5.41, 5.74) is 0.255. The summed E-state index contributed by atoms with van der Waals surface area (Å²) in [5, 5.41) is 14.3. The third kappa shape index (κ3) is 4.12. The van der Waals surface area contributed by atoms with Crippen LogP contribution in [0.25, 0.3) is 0 Å². The molecule has 1 saturated heterocycles. The van der Waals surface area contributed by atoms with Crippen LogP contribution in [0.2, 0.25) is 0 Å². The van der Waals surface area contributed by atoms with Gasteiger partial charge in [0.2, 0.25) is 5.91 Å². The molecule has 0 aromatic rings. The molecule has 0 N–H and O–H groups in total. The van der Waals surface area contributed by atoms with Gasteiger partial charge in [-0.1, -0.05) is 0 Å². The highest BCUT2D eigenvalue weighted by Crippen LogP contribution is 2.22. The zero-order valence-electron chi connectivity index (χ0n) is 13.9. The Morgan fingerprint density at radius 3 is 2.75 bits per heavy atom. The van der Waals surface area contributed by atoms with Gasteiger partial charge in [0.25, 0.3) is 5.91 Å². The molecule has 0 unspecified atom stereocenters. The van der Waals surface area contributed by atoms with Crippen LogP contribution < -0.4 is 0 Å². The fraction of sp³-hybridized carbons (Fsp3) is 0.733. The first kappa shape index (κ1) is 18.4. The van der Waals surface area contributed by atoms with Crippen molar-refractivity contribution in [3.63, 3.8) is 0 Å². The molecule has 0 aromatic heterocycles. The first-order valence-corrected chi connectivity index (χ1v) is 9.88. The minimum absolute atomic E-state index is 0.0427. The Morgan fingerprint density at radius 1 is 1.50 bits per heavy atom. The van der Waals surface area contributed by atoms with Crippen molar-refractivity contribution >= 4 is 27.4 Å². The van der Waals surface area contributed by atoms with Crippen molar-refractivity contribution in [2.45, 2.75) is 39.2 Å². The van der Waals surface area contributed by atoms with E-state index in [0.29, 0.717) is 19.5 Å². The average molecular weight is 354 g/mol. The second-order valence-electron chi connectivity index (χ2n) is 6.22. The number of amides is 2. The maximum Gasteiger partial charge on any atom is 0.270 e. The summed E-state index contributed by atoms with van der Waals surface area (Å²) in [6.45, 7) is 4.29. The van der Waals surface area contributed by atoms with Gasteiger partial charge in [-0.2, -0.15) is 10.4 Å². The van der Waals surface area contributed by atoms with Crippen molar-refractivity contribution in [2.24, 2.45) is 11.0 Å². The SMILES string of the molecule is CCN(C[C@H](C)C#N)C(=O)C1=NN([C@@H]2CCS(=O)(=O)C2)C(=O)CC1.